The third-order valence-corrected chi connectivity index (χ3v) is 7.69. The number of halogens is 3. The predicted octanol–water partition coefficient (Wildman–Crippen LogP) is 1.53. The first-order valence-corrected chi connectivity index (χ1v) is 11.8. The quantitative estimate of drug-likeness (QED) is 0.303. The first kappa shape index (κ1) is 27.5. The first-order chi connectivity index (χ1) is 17.5. The van der Waals surface area contributed by atoms with Gasteiger partial charge in [0, 0.05) is 49.8 Å². The number of nitrogens with one attached hydrogen (secondary N) is 1. The molecule has 13 heteroatoms. The fourth-order valence-electron chi connectivity index (χ4n) is 5.64. The average molecular weight is 540 g/mol. The summed E-state index contributed by atoms with van der Waals surface area (Å²) in [5.74, 6) is -7.54. The lowest BCUT2D eigenvalue weighted by molar-refractivity contribution is -0.152. The van der Waals surface area contributed by atoms with Crippen molar-refractivity contribution < 1.29 is 48.0 Å². The summed E-state index contributed by atoms with van der Waals surface area (Å²) in [6, 6.07) is -0.409. The van der Waals surface area contributed by atoms with Gasteiger partial charge in [0.05, 0.1) is 5.56 Å². The van der Waals surface area contributed by atoms with Gasteiger partial charge in [0.15, 0.2) is 11.4 Å². The number of alkyl halides is 3. The fourth-order valence-corrected chi connectivity index (χ4v) is 5.64. The number of phenolic OH excluding ortho intramolecular Hbond substituents is 1. The maximum Gasteiger partial charge on any atom is 0.403 e. The van der Waals surface area contributed by atoms with Gasteiger partial charge in [-0.05, 0) is 37.3 Å². The number of hydrogen-bond acceptors (Lipinski definition) is 9. The van der Waals surface area contributed by atoms with Crippen molar-refractivity contribution in [1.82, 2.24) is 5.32 Å². The molecule has 1 fully saturated rings. The minimum absolute atomic E-state index is 0.0241. The van der Waals surface area contributed by atoms with Crippen LogP contribution < -0.4 is 16.0 Å². The predicted molar refractivity (Wildman–Crippen MR) is 128 cm³/mol. The number of fused-ring (bicyclic) bond motifs is 3. The number of aromatic hydroxyl groups is 1. The summed E-state index contributed by atoms with van der Waals surface area (Å²) in [5.41, 5.74) is 2.01. The van der Waals surface area contributed by atoms with Crippen LogP contribution in [0.5, 0.6) is 5.75 Å². The van der Waals surface area contributed by atoms with Gasteiger partial charge >= 0.3 is 6.18 Å². The summed E-state index contributed by atoms with van der Waals surface area (Å²) in [6.07, 6.45) is -4.91. The highest BCUT2D eigenvalue weighted by molar-refractivity contribution is 6.22. The molecule has 1 saturated carbocycles. The van der Waals surface area contributed by atoms with E-state index in [-0.39, 0.29) is 29.5 Å². The molecule has 0 heterocycles. The minimum atomic E-state index is -4.54. The molecule has 4 atom stereocenters. The summed E-state index contributed by atoms with van der Waals surface area (Å²) in [7, 11) is 3.33. The van der Waals surface area contributed by atoms with E-state index in [9.17, 15) is 48.0 Å². The van der Waals surface area contributed by atoms with Gasteiger partial charge < -0.3 is 36.4 Å². The normalized spacial score (nSPS) is 26.1. The van der Waals surface area contributed by atoms with Crippen LogP contribution in [0.15, 0.2) is 23.0 Å². The van der Waals surface area contributed by atoms with Crippen LogP contribution in [0, 0.1) is 11.8 Å². The smallest absolute Gasteiger partial charge is 0.403 e. The fraction of sp³-hybridized carbons (Fsp3) is 0.480. The van der Waals surface area contributed by atoms with Crippen molar-refractivity contribution in [3.8, 4) is 5.75 Å². The maximum absolute atomic E-state index is 13.6. The molecule has 10 nitrogen and oxygen atoms in total. The molecule has 7 N–H and O–H groups in total. The summed E-state index contributed by atoms with van der Waals surface area (Å²) in [6.45, 7) is 0.500. The van der Waals surface area contributed by atoms with E-state index in [1.54, 1.807) is 19.0 Å². The van der Waals surface area contributed by atoms with Gasteiger partial charge in [-0.1, -0.05) is 0 Å². The zero-order valence-corrected chi connectivity index (χ0v) is 20.8. The van der Waals surface area contributed by atoms with E-state index in [0.717, 1.165) is 6.92 Å². The number of hydrogen-bond donors (Lipinski definition) is 6. The van der Waals surface area contributed by atoms with E-state index in [1.165, 1.54) is 6.07 Å². The Kier molecular flexibility index (Phi) is 6.51. The zero-order valence-electron chi connectivity index (χ0n) is 20.8. The van der Waals surface area contributed by atoms with Crippen molar-refractivity contribution in [2.24, 2.45) is 17.6 Å². The van der Waals surface area contributed by atoms with E-state index < -0.39 is 82.9 Å². The van der Waals surface area contributed by atoms with E-state index in [1.807, 2.05) is 0 Å². The lowest BCUT2D eigenvalue weighted by Gasteiger charge is -2.46. The number of aliphatic hydroxyl groups is 3. The average Bonchev–Trinajstić information content (AvgIpc) is 2.79. The van der Waals surface area contributed by atoms with Gasteiger partial charge in [-0.2, -0.15) is 13.2 Å². The van der Waals surface area contributed by atoms with Crippen LogP contribution in [0.25, 0.3) is 5.76 Å². The Morgan fingerprint density at radius 1 is 1.24 bits per heavy atom. The van der Waals surface area contributed by atoms with Crippen molar-refractivity contribution >= 4 is 28.9 Å². The molecular formula is C25H28F3N3O7. The Bertz CT molecular complexity index is 1320. The van der Waals surface area contributed by atoms with Crippen molar-refractivity contribution in [3.05, 3.63) is 39.7 Å². The Balaban J connectivity index is 1.87. The molecule has 3 aliphatic rings. The molecule has 0 spiro atoms. The summed E-state index contributed by atoms with van der Waals surface area (Å²) >= 11 is 0. The summed E-state index contributed by atoms with van der Waals surface area (Å²) < 4.78 is 39.0. The molecule has 0 radical (unpaired) electrons. The Morgan fingerprint density at radius 2 is 1.87 bits per heavy atom. The van der Waals surface area contributed by atoms with E-state index in [0.29, 0.717) is 11.3 Å². The van der Waals surface area contributed by atoms with E-state index in [4.69, 9.17) is 5.73 Å². The van der Waals surface area contributed by atoms with Crippen LogP contribution in [0.4, 0.5) is 18.9 Å². The third-order valence-electron chi connectivity index (χ3n) is 7.69. The molecule has 4 unspecified atom stereocenters. The van der Waals surface area contributed by atoms with Crippen LogP contribution in [-0.4, -0.2) is 69.8 Å². The minimum Gasteiger partial charge on any atom is -0.508 e. The highest BCUT2D eigenvalue weighted by Crippen LogP contribution is 2.53. The highest BCUT2D eigenvalue weighted by Gasteiger charge is 2.60. The Labute approximate surface area is 215 Å². The van der Waals surface area contributed by atoms with Crippen molar-refractivity contribution in [3.63, 3.8) is 0 Å². The monoisotopic (exact) mass is 539 g/mol. The van der Waals surface area contributed by atoms with Crippen molar-refractivity contribution in [1.29, 1.82) is 0 Å². The second-order valence-corrected chi connectivity index (χ2v) is 10.2. The molecule has 0 aromatic heterocycles. The highest BCUT2D eigenvalue weighted by atomic mass is 19.4. The molecule has 1 aromatic rings. The van der Waals surface area contributed by atoms with Crippen LogP contribution in [0.3, 0.4) is 0 Å². The van der Waals surface area contributed by atoms with Gasteiger partial charge in [0.2, 0.25) is 5.78 Å². The van der Waals surface area contributed by atoms with Gasteiger partial charge in [-0.25, -0.2) is 0 Å². The molecule has 1 aromatic carbocycles. The number of nitrogens with two attached hydrogens (primary N) is 1. The van der Waals surface area contributed by atoms with Crippen LogP contribution in [-0.2, 0) is 27.3 Å². The Hall–Kier alpha value is -3.58. The van der Waals surface area contributed by atoms with Gasteiger partial charge in [-0.15, -0.1) is 0 Å². The number of aliphatic hydroxyl groups excluding tert-OH is 2. The first-order valence-electron chi connectivity index (χ1n) is 11.8. The number of ketones is 2. The molecule has 206 valence electrons. The number of primary amides is 1. The number of rotatable bonds is 5. The number of anilines is 1. The zero-order chi connectivity index (χ0) is 28.5. The molecule has 38 heavy (non-hydrogen) atoms. The van der Waals surface area contributed by atoms with Crippen molar-refractivity contribution in [2.45, 2.75) is 50.6 Å². The van der Waals surface area contributed by atoms with E-state index >= 15 is 0 Å². The van der Waals surface area contributed by atoms with Gasteiger partial charge in [0.1, 0.15) is 28.9 Å². The molecule has 0 saturated heterocycles. The van der Waals surface area contributed by atoms with Crippen molar-refractivity contribution in [2.75, 3.05) is 19.0 Å². The second kappa shape index (κ2) is 9.02. The number of phenols is 1. The number of carbonyl (C=O) groups is 3. The molecule has 0 bridgehead atoms. The number of carbonyl (C=O) groups excluding carboxylic acids is 3. The largest absolute Gasteiger partial charge is 0.508 e. The third kappa shape index (κ3) is 4.00. The standard InChI is InChI=1S/C25H28F3N3O7/c1-9(25(26,27)28)30-8-11-6-14(31(2)3)13-5-10-4-12-7-15(32)18(23(29)37)22(36)24(12,38)21(35)16(10)20(34)17(13)19(11)33/h6,9-10,12,30,33-34,36,38H,4-5,7-8H2,1-3H3,(H2,29,37). The SMILES string of the molecule is CC(NCc1cc(N(C)C)c2c(c1O)C(O)=C1C(=O)C3(O)C(O)=C(C(N)=O)C(=O)CC3CC1C2)C(F)(F)F. The second-order valence-electron chi connectivity index (χ2n) is 10.2. The lowest BCUT2D eigenvalue weighted by atomic mass is 9.59. The lowest BCUT2D eigenvalue weighted by Crippen LogP contribution is -2.58. The number of amides is 1. The molecule has 0 aliphatic heterocycles. The summed E-state index contributed by atoms with van der Waals surface area (Å²) in [5, 5.41) is 46.5. The van der Waals surface area contributed by atoms with Gasteiger partial charge in [-0.3, -0.25) is 14.4 Å². The molecule has 3 aliphatic carbocycles. The van der Waals surface area contributed by atoms with Gasteiger partial charge in [0.25, 0.3) is 5.91 Å². The van der Waals surface area contributed by atoms with Crippen LogP contribution >= 0.6 is 0 Å². The Morgan fingerprint density at radius 3 is 2.42 bits per heavy atom. The maximum atomic E-state index is 13.6. The van der Waals surface area contributed by atoms with Crippen LogP contribution in [0.2, 0.25) is 0 Å². The molecule has 4 rings (SSSR count). The number of benzene rings is 1. The molecule has 1 amide bonds. The topological polar surface area (TPSA) is 173 Å². The molecular weight excluding hydrogens is 511 g/mol. The number of Topliss-reactive ketones (excluding diaryl/α,β-unsaturated/α-hetero) is 2. The summed E-state index contributed by atoms with van der Waals surface area (Å²) in [4.78, 5) is 39.5. The number of nitrogens with zero attached hydrogens (tertiary/aromatic N) is 1. The van der Waals surface area contributed by atoms with Crippen LogP contribution in [0.1, 0.15) is 36.5 Å². The van der Waals surface area contributed by atoms with E-state index in [2.05, 4.69) is 5.32 Å².